The van der Waals surface area contributed by atoms with E-state index in [0.717, 1.165) is 0 Å². The van der Waals surface area contributed by atoms with Gasteiger partial charge in [0.1, 0.15) is 25.3 Å². The zero-order chi connectivity index (χ0) is 22.8. The minimum absolute atomic E-state index is 0.0761. The first-order valence-corrected chi connectivity index (χ1v) is 10.5. The maximum Gasteiger partial charge on any atom is 0.164 e. The lowest BCUT2D eigenvalue weighted by Crippen LogP contribution is -2.06. The van der Waals surface area contributed by atoms with Gasteiger partial charge in [0, 0.05) is 47.1 Å². The highest BCUT2D eigenvalue weighted by Gasteiger charge is 2.06. The SMILES string of the molecule is O=C(CCn1cncn1)c1ccc(Cl)cc1.O=C(CCn1cncn1)c1ccc(Cl)cc1. The van der Waals surface area contributed by atoms with Gasteiger partial charge in [0.05, 0.1) is 0 Å². The molecular weight excluding hydrogens is 451 g/mol. The molecule has 0 saturated heterocycles. The van der Waals surface area contributed by atoms with Crippen LogP contribution in [0.4, 0.5) is 0 Å². The first-order valence-electron chi connectivity index (χ1n) is 9.73. The van der Waals surface area contributed by atoms with Gasteiger partial charge < -0.3 is 0 Å². The molecule has 2 aromatic carbocycles. The van der Waals surface area contributed by atoms with Crippen molar-refractivity contribution >= 4 is 34.8 Å². The molecule has 164 valence electrons. The molecule has 0 aliphatic carbocycles. The highest BCUT2D eigenvalue weighted by Crippen LogP contribution is 2.12. The average Bonchev–Trinajstić information content (AvgIpc) is 3.51. The van der Waals surface area contributed by atoms with Crippen LogP contribution in [-0.4, -0.2) is 41.1 Å². The maximum atomic E-state index is 11.7. The molecule has 0 bridgehead atoms. The van der Waals surface area contributed by atoms with Gasteiger partial charge in [-0.15, -0.1) is 0 Å². The van der Waals surface area contributed by atoms with E-state index in [0.29, 0.717) is 47.1 Å². The summed E-state index contributed by atoms with van der Waals surface area (Å²) < 4.78 is 3.27. The molecule has 32 heavy (non-hydrogen) atoms. The molecule has 0 aliphatic heterocycles. The van der Waals surface area contributed by atoms with Crippen LogP contribution in [0.1, 0.15) is 33.6 Å². The van der Waals surface area contributed by atoms with E-state index in [-0.39, 0.29) is 11.6 Å². The summed E-state index contributed by atoms with van der Waals surface area (Å²) in [6, 6.07) is 13.8. The van der Waals surface area contributed by atoms with Crippen molar-refractivity contribution in [3.63, 3.8) is 0 Å². The number of carbonyl (C=O) groups excluding carboxylic acids is 2. The molecule has 0 amide bonds. The Labute approximate surface area is 194 Å². The van der Waals surface area contributed by atoms with Crippen molar-refractivity contribution in [3.8, 4) is 0 Å². The number of ketones is 2. The first kappa shape index (κ1) is 23.3. The van der Waals surface area contributed by atoms with Crippen LogP contribution in [0.15, 0.2) is 73.8 Å². The minimum Gasteiger partial charge on any atom is -0.294 e. The van der Waals surface area contributed by atoms with Crippen molar-refractivity contribution in [2.45, 2.75) is 25.9 Å². The fourth-order valence-electron chi connectivity index (χ4n) is 2.69. The van der Waals surface area contributed by atoms with E-state index in [4.69, 9.17) is 23.2 Å². The number of aryl methyl sites for hydroxylation is 2. The number of rotatable bonds is 8. The Bertz CT molecular complexity index is 1020. The van der Waals surface area contributed by atoms with Crippen LogP contribution in [0.3, 0.4) is 0 Å². The standard InChI is InChI=1S/2C11H10ClN3O/c2*12-10-3-1-9(2-4-10)11(16)5-6-15-8-13-7-14-15/h2*1-4,7-8H,5-6H2. The fraction of sp³-hybridized carbons (Fsp3) is 0.182. The summed E-state index contributed by atoms with van der Waals surface area (Å²) in [6.07, 6.45) is 6.90. The Balaban J connectivity index is 0.000000181. The van der Waals surface area contributed by atoms with Crippen molar-refractivity contribution in [1.29, 1.82) is 0 Å². The molecule has 0 spiro atoms. The Morgan fingerprint density at radius 3 is 1.34 bits per heavy atom. The van der Waals surface area contributed by atoms with Crippen LogP contribution in [0.2, 0.25) is 10.0 Å². The van der Waals surface area contributed by atoms with Gasteiger partial charge in [-0.25, -0.2) is 9.97 Å². The lowest BCUT2D eigenvalue weighted by Gasteiger charge is -2.01. The molecule has 2 heterocycles. The quantitative estimate of drug-likeness (QED) is 0.354. The van der Waals surface area contributed by atoms with Crippen molar-refractivity contribution < 1.29 is 9.59 Å². The normalized spacial score (nSPS) is 10.3. The molecule has 4 aromatic rings. The van der Waals surface area contributed by atoms with Crippen LogP contribution in [0.5, 0.6) is 0 Å². The molecule has 0 saturated carbocycles. The molecule has 4 rings (SSSR count). The summed E-state index contributed by atoms with van der Waals surface area (Å²) >= 11 is 11.5. The molecule has 2 aromatic heterocycles. The number of benzene rings is 2. The lowest BCUT2D eigenvalue weighted by molar-refractivity contribution is 0.0967. The van der Waals surface area contributed by atoms with Crippen LogP contribution in [-0.2, 0) is 13.1 Å². The summed E-state index contributed by atoms with van der Waals surface area (Å²) in [6.45, 7) is 1.09. The maximum absolute atomic E-state index is 11.7. The Morgan fingerprint density at radius 2 is 1.03 bits per heavy atom. The highest BCUT2D eigenvalue weighted by molar-refractivity contribution is 6.31. The second-order valence-corrected chi connectivity index (χ2v) is 7.55. The minimum atomic E-state index is 0.0761. The first-order chi connectivity index (χ1) is 15.5. The summed E-state index contributed by atoms with van der Waals surface area (Å²) in [5, 5.41) is 9.12. The Kier molecular flexibility index (Phi) is 8.65. The van der Waals surface area contributed by atoms with Gasteiger partial charge >= 0.3 is 0 Å². The van der Waals surface area contributed by atoms with E-state index in [1.807, 2.05) is 0 Å². The third-order valence-corrected chi connectivity index (χ3v) is 4.91. The van der Waals surface area contributed by atoms with Gasteiger partial charge in [-0.1, -0.05) is 23.2 Å². The van der Waals surface area contributed by atoms with Gasteiger partial charge in [0.25, 0.3) is 0 Å². The number of nitrogens with zero attached hydrogens (tertiary/aromatic N) is 6. The van der Waals surface area contributed by atoms with Crippen LogP contribution < -0.4 is 0 Å². The van der Waals surface area contributed by atoms with Crippen LogP contribution in [0.25, 0.3) is 0 Å². The smallest absolute Gasteiger partial charge is 0.164 e. The largest absolute Gasteiger partial charge is 0.294 e. The second kappa shape index (κ2) is 11.9. The number of aromatic nitrogens is 6. The summed E-state index contributed by atoms with van der Waals surface area (Å²) in [5.41, 5.74) is 1.34. The molecule has 0 unspecified atom stereocenters. The van der Waals surface area contributed by atoms with E-state index >= 15 is 0 Å². The van der Waals surface area contributed by atoms with Gasteiger partial charge in [0.2, 0.25) is 0 Å². The molecule has 10 heteroatoms. The number of hydrogen-bond acceptors (Lipinski definition) is 6. The molecule has 0 radical (unpaired) electrons. The fourth-order valence-corrected chi connectivity index (χ4v) is 2.94. The average molecular weight is 471 g/mol. The predicted octanol–water partition coefficient (Wildman–Crippen LogP) is 4.41. The Morgan fingerprint density at radius 1 is 0.656 bits per heavy atom. The van der Waals surface area contributed by atoms with E-state index in [1.165, 1.54) is 12.7 Å². The zero-order valence-corrected chi connectivity index (χ0v) is 18.5. The van der Waals surface area contributed by atoms with Gasteiger partial charge in [-0.3, -0.25) is 19.0 Å². The van der Waals surface area contributed by atoms with Gasteiger partial charge in [0.15, 0.2) is 11.6 Å². The molecule has 0 N–H and O–H groups in total. The number of halogens is 2. The molecule has 0 fully saturated rings. The molecule has 0 aliphatic rings. The van der Waals surface area contributed by atoms with Crippen molar-refractivity contribution in [2.75, 3.05) is 0 Å². The number of Topliss-reactive ketones (excluding diaryl/α,β-unsaturated/α-hetero) is 2. The molecular formula is C22H20Cl2N6O2. The van der Waals surface area contributed by atoms with E-state index in [1.54, 1.807) is 70.5 Å². The summed E-state index contributed by atoms with van der Waals surface area (Å²) in [5.74, 6) is 0.152. The summed E-state index contributed by atoms with van der Waals surface area (Å²) in [4.78, 5) is 31.1. The molecule has 8 nitrogen and oxygen atoms in total. The second-order valence-electron chi connectivity index (χ2n) is 6.68. The van der Waals surface area contributed by atoms with Crippen LogP contribution >= 0.6 is 23.2 Å². The van der Waals surface area contributed by atoms with Gasteiger partial charge in [-0.2, -0.15) is 10.2 Å². The number of carbonyl (C=O) groups is 2. The van der Waals surface area contributed by atoms with E-state index in [2.05, 4.69) is 20.2 Å². The predicted molar refractivity (Wildman–Crippen MR) is 121 cm³/mol. The highest BCUT2D eigenvalue weighted by atomic mass is 35.5. The molecule has 0 atom stereocenters. The van der Waals surface area contributed by atoms with Crippen molar-refractivity contribution in [3.05, 3.63) is 95.0 Å². The van der Waals surface area contributed by atoms with Crippen molar-refractivity contribution in [2.24, 2.45) is 0 Å². The van der Waals surface area contributed by atoms with Crippen LogP contribution in [0, 0.1) is 0 Å². The lowest BCUT2D eigenvalue weighted by atomic mass is 10.1. The van der Waals surface area contributed by atoms with E-state index in [9.17, 15) is 9.59 Å². The topological polar surface area (TPSA) is 95.6 Å². The third-order valence-electron chi connectivity index (χ3n) is 4.40. The zero-order valence-electron chi connectivity index (χ0n) is 17.0. The Hall–Kier alpha value is -3.36. The van der Waals surface area contributed by atoms with Gasteiger partial charge in [-0.05, 0) is 48.5 Å². The number of hydrogen-bond donors (Lipinski definition) is 0. The van der Waals surface area contributed by atoms with Crippen molar-refractivity contribution in [1.82, 2.24) is 29.5 Å². The van der Waals surface area contributed by atoms with E-state index < -0.39 is 0 Å². The summed E-state index contributed by atoms with van der Waals surface area (Å²) in [7, 11) is 0. The monoisotopic (exact) mass is 470 g/mol. The third kappa shape index (κ3) is 7.40.